The lowest BCUT2D eigenvalue weighted by Crippen LogP contribution is -2.36. The van der Waals surface area contributed by atoms with Crippen LogP contribution in [0, 0.1) is 10.8 Å². The maximum atomic E-state index is 11.9. The highest BCUT2D eigenvalue weighted by Gasteiger charge is 2.38. The van der Waals surface area contributed by atoms with Gasteiger partial charge in [-0.2, -0.15) is 0 Å². The van der Waals surface area contributed by atoms with Crippen molar-refractivity contribution < 1.29 is 9.59 Å². The summed E-state index contributed by atoms with van der Waals surface area (Å²) in [6.07, 6.45) is 2.57. The van der Waals surface area contributed by atoms with Crippen LogP contribution in [0.15, 0.2) is 0 Å². The van der Waals surface area contributed by atoms with Crippen molar-refractivity contribution >= 4 is 11.6 Å². The predicted molar refractivity (Wildman–Crippen MR) is 67.4 cm³/mol. The molecule has 0 aromatic heterocycles. The second kappa shape index (κ2) is 5.60. The van der Waals surface area contributed by atoms with Gasteiger partial charge in [0, 0.05) is 23.7 Å². The van der Waals surface area contributed by atoms with Crippen molar-refractivity contribution in [2.75, 3.05) is 0 Å². The minimum absolute atomic E-state index is 0.246. The SMILES string of the molecule is CCC(=O)C(C)(C)CC(C)(CC)C(=O)CC. The highest BCUT2D eigenvalue weighted by atomic mass is 16.1. The summed E-state index contributed by atoms with van der Waals surface area (Å²) in [5.74, 6) is 0.517. The molecule has 0 rings (SSSR count). The summed E-state index contributed by atoms with van der Waals surface area (Å²) < 4.78 is 0. The molecular weight excluding hydrogens is 200 g/mol. The van der Waals surface area contributed by atoms with Gasteiger partial charge in [0.05, 0.1) is 0 Å². The van der Waals surface area contributed by atoms with E-state index in [2.05, 4.69) is 0 Å². The Hall–Kier alpha value is -0.660. The van der Waals surface area contributed by atoms with E-state index in [1.165, 1.54) is 0 Å². The number of carbonyl (C=O) groups is 2. The highest BCUT2D eigenvalue weighted by molar-refractivity contribution is 5.87. The van der Waals surface area contributed by atoms with Gasteiger partial charge >= 0.3 is 0 Å². The third-order valence-corrected chi connectivity index (χ3v) is 3.68. The summed E-state index contributed by atoms with van der Waals surface area (Å²) in [5.41, 5.74) is -0.729. The van der Waals surface area contributed by atoms with Gasteiger partial charge < -0.3 is 0 Å². The van der Waals surface area contributed by atoms with Gasteiger partial charge in [-0.3, -0.25) is 9.59 Å². The molecule has 0 aliphatic heterocycles. The van der Waals surface area contributed by atoms with Gasteiger partial charge in [-0.1, -0.05) is 41.5 Å². The molecule has 1 unspecified atom stereocenters. The maximum Gasteiger partial charge on any atom is 0.138 e. The zero-order valence-corrected chi connectivity index (χ0v) is 11.6. The monoisotopic (exact) mass is 226 g/mol. The minimum Gasteiger partial charge on any atom is -0.299 e. The molecule has 0 aliphatic carbocycles. The maximum absolute atomic E-state index is 11.9. The van der Waals surface area contributed by atoms with Crippen molar-refractivity contribution in [3.8, 4) is 0 Å². The molecule has 0 spiro atoms. The van der Waals surface area contributed by atoms with Crippen LogP contribution in [0.25, 0.3) is 0 Å². The largest absolute Gasteiger partial charge is 0.299 e. The summed E-state index contributed by atoms with van der Waals surface area (Å²) in [4.78, 5) is 23.8. The van der Waals surface area contributed by atoms with E-state index in [0.29, 0.717) is 19.3 Å². The number of carbonyl (C=O) groups excluding carboxylic acids is 2. The standard InChI is InChI=1S/C14H26O2/c1-7-11(15)13(4,5)10-14(6,9-3)12(16)8-2/h7-10H2,1-6H3. The first-order valence-electron chi connectivity index (χ1n) is 6.30. The third-order valence-electron chi connectivity index (χ3n) is 3.68. The minimum atomic E-state index is -0.385. The van der Waals surface area contributed by atoms with Crippen molar-refractivity contribution in [1.82, 2.24) is 0 Å². The molecule has 16 heavy (non-hydrogen) atoms. The lowest BCUT2D eigenvalue weighted by atomic mass is 9.67. The highest BCUT2D eigenvalue weighted by Crippen LogP contribution is 2.39. The molecule has 94 valence electrons. The first-order chi connectivity index (χ1) is 7.23. The summed E-state index contributed by atoms with van der Waals surface area (Å²) in [7, 11) is 0. The molecule has 0 saturated heterocycles. The molecule has 2 heteroatoms. The van der Waals surface area contributed by atoms with Gasteiger partial charge in [-0.15, -0.1) is 0 Å². The number of Topliss-reactive ketones (excluding diaryl/α,β-unsaturated/α-hetero) is 2. The van der Waals surface area contributed by atoms with E-state index >= 15 is 0 Å². The number of hydrogen-bond donors (Lipinski definition) is 0. The Morgan fingerprint density at radius 3 is 1.62 bits per heavy atom. The van der Waals surface area contributed by atoms with Crippen molar-refractivity contribution in [1.29, 1.82) is 0 Å². The van der Waals surface area contributed by atoms with Crippen LogP contribution in [-0.4, -0.2) is 11.6 Å². The molecule has 0 saturated carbocycles. The summed E-state index contributed by atoms with van der Waals surface area (Å²) in [5, 5.41) is 0. The van der Waals surface area contributed by atoms with Crippen LogP contribution < -0.4 is 0 Å². The van der Waals surface area contributed by atoms with E-state index < -0.39 is 0 Å². The average molecular weight is 226 g/mol. The van der Waals surface area contributed by atoms with Gasteiger partial charge in [0.15, 0.2) is 0 Å². The second-order valence-corrected chi connectivity index (χ2v) is 5.53. The van der Waals surface area contributed by atoms with Gasteiger partial charge in [-0.25, -0.2) is 0 Å². The van der Waals surface area contributed by atoms with Crippen LogP contribution in [0.2, 0.25) is 0 Å². The van der Waals surface area contributed by atoms with Gasteiger partial charge in [0.2, 0.25) is 0 Å². The van der Waals surface area contributed by atoms with Gasteiger partial charge in [-0.05, 0) is 12.8 Å². The van der Waals surface area contributed by atoms with Crippen LogP contribution >= 0.6 is 0 Å². The third kappa shape index (κ3) is 3.43. The molecule has 0 amide bonds. The molecule has 0 aliphatic rings. The molecule has 0 bridgehead atoms. The fourth-order valence-electron chi connectivity index (χ4n) is 2.40. The molecule has 1 atom stereocenters. The fraction of sp³-hybridized carbons (Fsp3) is 0.857. The lowest BCUT2D eigenvalue weighted by molar-refractivity contribution is -0.134. The van der Waals surface area contributed by atoms with Crippen molar-refractivity contribution in [3.63, 3.8) is 0 Å². The van der Waals surface area contributed by atoms with Crippen LogP contribution in [0.4, 0.5) is 0 Å². The zero-order valence-electron chi connectivity index (χ0n) is 11.6. The second-order valence-electron chi connectivity index (χ2n) is 5.53. The van der Waals surface area contributed by atoms with E-state index in [0.717, 1.165) is 6.42 Å². The Balaban J connectivity index is 4.91. The first kappa shape index (κ1) is 15.3. The summed E-state index contributed by atoms with van der Waals surface area (Å²) in [6, 6.07) is 0. The van der Waals surface area contributed by atoms with E-state index in [1.807, 2.05) is 41.5 Å². The Bertz CT molecular complexity index is 266. The topological polar surface area (TPSA) is 34.1 Å². The number of rotatable bonds is 7. The van der Waals surface area contributed by atoms with E-state index in [9.17, 15) is 9.59 Å². The van der Waals surface area contributed by atoms with Gasteiger partial charge in [0.1, 0.15) is 11.6 Å². The van der Waals surface area contributed by atoms with Crippen LogP contribution in [0.5, 0.6) is 0 Å². The summed E-state index contributed by atoms with van der Waals surface area (Å²) in [6.45, 7) is 11.7. The Morgan fingerprint density at radius 2 is 1.31 bits per heavy atom. The number of ketones is 2. The quantitative estimate of drug-likeness (QED) is 0.662. The van der Waals surface area contributed by atoms with E-state index in [1.54, 1.807) is 0 Å². The van der Waals surface area contributed by atoms with Crippen LogP contribution in [0.3, 0.4) is 0 Å². The van der Waals surface area contributed by atoms with Crippen molar-refractivity contribution in [3.05, 3.63) is 0 Å². The lowest BCUT2D eigenvalue weighted by Gasteiger charge is -2.34. The number of hydrogen-bond acceptors (Lipinski definition) is 2. The Labute approximate surface area is 99.8 Å². The molecule has 0 heterocycles. The molecule has 2 nitrogen and oxygen atoms in total. The summed E-state index contributed by atoms with van der Waals surface area (Å²) >= 11 is 0. The van der Waals surface area contributed by atoms with E-state index in [-0.39, 0.29) is 22.4 Å². The smallest absolute Gasteiger partial charge is 0.138 e. The molecular formula is C14H26O2. The Morgan fingerprint density at radius 1 is 0.875 bits per heavy atom. The molecule has 0 N–H and O–H groups in total. The predicted octanol–water partition coefficient (Wildman–Crippen LogP) is 3.78. The zero-order chi connectivity index (χ0) is 13.0. The van der Waals surface area contributed by atoms with Crippen molar-refractivity contribution in [2.24, 2.45) is 10.8 Å². The molecule has 0 fully saturated rings. The van der Waals surface area contributed by atoms with Crippen LogP contribution in [0.1, 0.15) is 67.2 Å². The van der Waals surface area contributed by atoms with Crippen molar-refractivity contribution in [2.45, 2.75) is 67.2 Å². The van der Waals surface area contributed by atoms with Gasteiger partial charge in [0.25, 0.3) is 0 Å². The van der Waals surface area contributed by atoms with Crippen LogP contribution in [-0.2, 0) is 9.59 Å². The molecule has 0 radical (unpaired) electrons. The average Bonchev–Trinajstić information content (AvgIpc) is 2.25. The normalized spacial score (nSPS) is 15.6. The van der Waals surface area contributed by atoms with E-state index in [4.69, 9.17) is 0 Å². The fourth-order valence-corrected chi connectivity index (χ4v) is 2.40. The first-order valence-corrected chi connectivity index (χ1v) is 6.30. The molecule has 0 aromatic carbocycles. The molecule has 0 aromatic rings. The Kier molecular flexibility index (Phi) is 5.37.